The van der Waals surface area contributed by atoms with Gasteiger partial charge in [-0.1, -0.05) is 0 Å². The average Bonchev–Trinajstić information content (AvgIpc) is 2.55. The van der Waals surface area contributed by atoms with Gasteiger partial charge in [-0.3, -0.25) is 4.79 Å². The number of phenols is 1. The molecule has 15 heavy (non-hydrogen) atoms. The van der Waals surface area contributed by atoms with Gasteiger partial charge in [0.15, 0.2) is 11.5 Å². The van der Waals surface area contributed by atoms with Crippen LogP contribution in [0.5, 0.6) is 11.5 Å². The van der Waals surface area contributed by atoms with Gasteiger partial charge >= 0.3 is 0 Å². The second kappa shape index (κ2) is 3.31. The van der Waals surface area contributed by atoms with E-state index in [1.54, 1.807) is 6.07 Å². The summed E-state index contributed by atoms with van der Waals surface area (Å²) in [6, 6.07) is 4.62. The van der Waals surface area contributed by atoms with E-state index in [0.29, 0.717) is 16.7 Å². The number of Topliss-reactive ketones (excluding diaryl/α,β-unsaturated/α-hetero) is 1. The molecule has 1 N–H and O–H groups in total. The summed E-state index contributed by atoms with van der Waals surface area (Å²) in [5.74, 6) is 0.479. The Balaban J connectivity index is 2.78. The zero-order valence-electron chi connectivity index (χ0n) is 8.40. The lowest BCUT2D eigenvalue weighted by molar-refractivity contribution is 0.0985. The van der Waals surface area contributed by atoms with Gasteiger partial charge in [0.25, 0.3) is 0 Å². The highest BCUT2D eigenvalue weighted by Gasteiger charge is 2.18. The molecule has 0 atom stereocenters. The van der Waals surface area contributed by atoms with Gasteiger partial charge in [-0.25, -0.2) is 0 Å². The molecule has 0 radical (unpaired) electrons. The summed E-state index contributed by atoms with van der Waals surface area (Å²) in [4.78, 5) is 11.2. The van der Waals surface area contributed by atoms with Crippen molar-refractivity contribution in [1.29, 1.82) is 0 Å². The zero-order valence-corrected chi connectivity index (χ0v) is 8.40. The van der Waals surface area contributed by atoms with E-state index in [4.69, 9.17) is 9.15 Å². The third-order valence-corrected chi connectivity index (χ3v) is 2.15. The number of aromatic hydroxyl groups is 1. The van der Waals surface area contributed by atoms with E-state index in [2.05, 4.69) is 0 Å². The summed E-state index contributed by atoms with van der Waals surface area (Å²) in [5, 5.41) is 9.94. The van der Waals surface area contributed by atoms with Crippen LogP contribution in [0, 0.1) is 0 Å². The van der Waals surface area contributed by atoms with Crippen molar-refractivity contribution in [2.24, 2.45) is 0 Å². The molecule has 1 aromatic carbocycles. The van der Waals surface area contributed by atoms with Crippen molar-refractivity contribution in [3.63, 3.8) is 0 Å². The third kappa shape index (κ3) is 1.44. The number of methoxy groups -OCH3 is 1. The van der Waals surface area contributed by atoms with Crippen LogP contribution in [0.25, 0.3) is 11.0 Å². The van der Waals surface area contributed by atoms with Crippen LogP contribution < -0.4 is 4.74 Å². The molecule has 4 heteroatoms. The number of phenolic OH excluding ortho intramolecular Hbond substituents is 1. The molecular weight excluding hydrogens is 196 g/mol. The molecule has 2 rings (SSSR count). The molecule has 1 aromatic heterocycles. The predicted molar refractivity (Wildman–Crippen MR) is 54.4 cm³/mol. The number of carbonyl (C=O) groups is 1. The van der Waals surface area contributed by atoms with Crippen LogP contribution in [0.3, 0.4) is 0 Å². The van der Waals surface area contributed by atoms with Crippen molar-refractivity contribution in [2.45, 2.75) is 6.92 Å². The molecule has 0 saturated carbocycles. The molecule has 0 aliphatic heterocycles. The van der Waals surface area contributed by atoms with Crippen LogP contribution >= 0.6 is 0 Å². The van der Waals surface area contributed by atoms with E-state index < -0.39 is 0 Å². The van der Waals surface area contributed by atoms with Gasteiger partial charge in [0, 0.05) is 13.0 Å². The summed E-state index contributed by atoms with van der Waals surface area (Å²) >= 11 is 0. The quantitative estimate of drug-likeness (QED) is 0.766. The summed E-state index contributed by atoms with van der Waals surface area (Å²) in [6.07, 6.45) is 0. The molecule has 0 unspecified atom stereocenters. The Kier molecular flexibility index (Phi) is 2.11. The van der Waals surface area contributed by atoms with Gasteiger partial charge in [0.2, 0.25) is 5.76 Å². The third-order valence-electron chi connectivity index (χ3n) is 2.15. The Morgan fingerprint density at radius 1 is 1.47 bits per heavy atom. The van der Waals surface area contributed by atoms with Gasteiger partial charge in [0.1, 0.15) is 11.3 Å². The molecule has 0 saturated heterocycles. The zero-order chi connectivity index (χ0) is 11.0. The Bertz CT molecular complexity index is 525. The molecule has 0 aliphatic carbocycles. The average molecular weight is 206 g/mol. The largest absolute Gasteiger partial charge is 0.508 e. The Morgan fingerprint density at radius 3 is 2.80 bits per heavy atom. The summed E-state index contributed by atoms with van der Waals surface area (Å²) in [7, 11) is 1.48. The van der Waals surface area contributed by atoms with Crippen LogP contribution in [-0.4, -0.2) is 18.0 Å². The van der Waals surface area contributed by atoms with E-state index in [1.165, 1.54) is 26.2 Å². The van der Waals surface area contributed by atoms with Crippen molar-refractivity contribution >= 4 is 16.8 Å². The number of hydrogen-bond acceptors (Lipinski definition) is 4. The smallest absolute Gasteiger partial charge is 0.212 e. The number of ketones is 1. The number of fused-ring (bicyclic) bond motifs is 1. The fraction of sp³-hybridized carbons (Fsp3) is 0.182. The molecule has 0 amide bonds. The van der Waals surface area contributed by atoms with Crippen LogP contribution in [0.4, 0.5) is 0 Å². The van der Waals surface area contributed by atoms with E-state index in [0.717, 1.165) is 0 Å². The van der Waals surface area contributed by atoms with E-state index in [9.17, 15) is 9.90 Å². The monoisotopic (exact) mass is 206 g/mol. The van der Waals surface area contributed by atoms with E-state index >= 15 is 0 Å². The van der Waals surface area contributed by atoms with Crippen LogP contribution in [0.1, 0.15) is 17.5 Å². The van der Waals surface area contributed by atoms with Gasteiger partial charge in [-0.15, -0.1) is 0 Å². The highest BCUT2D eigenvalue weighted by Crippen LogP contribution is 2.34. The van der Waals surface area contributed by atoms with E-state index in [-0.39, 0.29) is 17.3 Å². The number of carbonyl (C=O) groups excluding carboxylic acids is 1. The first-order chi connectivity index (χ1) is 7.13. The van der Waals surface area contributed by atoms with E-state index in [1.807, 2.05) is 0 Å². The van der Waals surface area contributed by atoms with Gasteiger partial charge in [0.05, 0.1) is 12.5 Å². The van der Waals surface area contributed by atoms with Gasteiger partial charge < -0.3 is 14.3 Å². The number of benzene rings is 1. The molecule has 0 bridgehead atoms. The lowest BCUT2D eigenvalue weighted by atomic mass is 10.2. The molecule has 2 aromatic rings. The lowest BCUT2D eigenvalue weighted by Crippen LogP contribution is -1.92. The molecule has 0 fully saturated rings. The van der Waals surface area contributed by atoms with Crippen molar-refractivity contribution in [1.82, 2.24) is 0 Å². The van der Waals surface area contributed by atoms with Crippen molar-refractivity contribution in [3.05, 3.63) is 24.0 Å². The molecular formula is C11H10O4. The molecule has 4 nitrogen and oxygen atoms in total. The Morgan fingerprint density at radius 2 is 2.20 bits per heavy atom. The first-order valence-electron chi connectivity index (χ1n) is 4.44. The molecule has 78 valence electrons. The SMILES string of the molecule is COc1c(C(C)=O)oc2cc(O)ccc12. The minimum Gasteiger partial charge on any atom is -0.508 e. The first-order valence-corrected chi connectivity index (χ1v) is 4.44. The Labute approximate surface area is 86.1 Å². The van der Waals surface area contributed by atoms with Crippen LogP contribution in [0.2, 0.25) is 0 Å². The maximum atomic E-state index is 11.2. The summed E-state index contributed by atoms with van der Waals surface area (Å²) in [6.45, 7) is 1.40. The second-order valence-electron chi connectivity index (χ2n) is 3.20. The van der Waals surface area contributed by atoms with Gasteiger partial charge in [-0.05, 0) is 12.1 Å². The summed E-state index contributed by atoms with van der Waals surface area (Å²) < 4.78 is 10.4. The highest BCUT2D eigenvalue weighted by atomic mass is 16.5. The highest BCUT2D eigenvalue weighted by molar-refractivity contribution is 6.01. The number of rotatable bonds is 2. The number of ether oxygens (including phenoxy) is 1. The minimum atomic E-state index is -0.206. The number of hydrogen-bond donors (Lipinski definition) is 1. The topological polar surface area (TPSA) is 59.7 Å². The maximum Gasteiger partial charge on any atom is 0.212 e. The maximum absolute atomic E-state index is 11.2. The Hall–Kier alpha value is -1.97. The molecule has 1 heterocycles. The molecule has 0 aliphatic rings. The van der Waals surface area contributed by atoms with Crippen LogP contribution in [0.15, 0.2) is 22.6 Å². The predicted octanol–water partition coefficient (Wildman–Crippen LogP) is 2.35. The van der Waals surface area contributed by atoms with Crippen LogP contribution in [-0.2, 0) is 0 Å². The van der Waals surface area contributed by atoms with Crippen molar-refractivity contribution in [3.8, 4) is 11.5 Å². The first kappa shape index (κ1) is 9.58. The molecule has 0 spiro atoms. The normalized spacial score (nSPS) is 10.5. The van der Waals surface area contributed by atoms with Gasteiger partial charge in [-0.2, -0.15) is 0 Å². The van der Waals surface area contributed by atoms with Crippen molar-refractivity contribution in [2.75, 3.05) is 7.11 Å². The second-order valence-corrected chi connectivity index (χ2v) is 3.20. The number of furan rings is 1. The fourth-order valence-corrected chi connectivity index (χ4v) is 1.50. The minimum absolute atomic E-state index is 0.0917. The standard InChI is InChI=1S/C11H10O4/c1-6(12)10-11(14-2)8-4-3-7(13)5-9(8)15-10/h3-5,13H,1-2H3. The fourth-order valence-electron chi connectivity index (χ4n) is 1.50. The lowest BCUT2D eigenvalue weighted by Gasteiger charge is -1.96. The summed E-state index contributed by atoms with van der Waals surface area (Å²) in [5.41, 5.74) is 0.442. The van der Waals surface area contributed by atoms with Crippen molar-refractivity contribution < 1.29 is 19.1 Å².